The van der Waals surface area contributed by atoms with Crippen LogP contribution in [0.1, 0.15) is 12.0 Å². The number of esters is 2. The summed E-state index contributed by atoms with van der Waals surface area (Å²) < 4.78 is 4.36. The first-order chi connectivity index (χ1) is 8.58. The molecule has 18 heavy (non-hydrogen) atoms. The summed E-state index contributed by atoms with van der Waals surface area (Å²) in [6, 6.07) is 7.80. The molecule has 0 aliphatic carbocycles. The Kier molecular flexibility index (Phi) is 3.27. The van der Waals surface area contributed by atoms with Crippen molar-refractivity contribution in [2.24, 2.45) is 0 Å². The number of carbonyl (C=O) groups is 3. The predicted molar refractivity (Wildman–Crippen MR) is 59.5 cm³/mol. The van der Waals surface area contributed by atoms with Crippen molar-refractivity contribution in [1.29, 1.82) is 0 Å². The molecule has 1 saturated heterocycles. The normalized spacial score (nSPS) is 18.6. The van der Waals surface area contributed by atoms with E-state index in [0.29, 0.717) is 0 Å². The van der Waals surface area contributed by atoms with E-state index in [1.165, 1.54) is 0 Å². The van der Waals surface area contributed by atoms with Crippen molar-refractivity contribution in [1.82, 2.24) is 4.90 Å². The van der Waals surface area contributed by atoms with Crippen LogP contribution >= 0.6 is 0 Å². The zero-order chi connectivity index (χ0) is 13.1. The first-order valence-electron chi connectivity index (χ1n) is 5.36. The highest BCUT2D eigenvalue weighted by molar-refractivity contribution is 5.98. The average molecular weight is 249 g/mol. The minimum Gasteiger partial charge on any atom is -0.465 e. The molecular weight excluding hydrogens is 238 g/mol. The van der Waals surface area contributed by atoms with Crippen molar-refractivity contribution in [3.63, 3.8) is 0 Å². The van der Waals surface area contributed by atoms with Gasteiger partial charge in [0.05, 0.1) is 6.42 Å². The SMILES string of the molecule is O=C1C[C@H](N(Cc2ccccc2)C(=O)O)C(=O)O1. The van der Waals surface area contributed by atoms with Crippen LogP contribution in [0.5, 0.6) is 0 Å². The smallest absolute Gasteiger partial charge is 0.408 e. The van der Waals surface area contributed by atoms with Gasteiger partial charge in [0, 0.05) is 6.54 Å². The van der Waals surface area contributed by atoms with E-state index in [-0.39, 0.29) is 13.0 Å². The minimum atomic E-state index is -1.25. The van der Waals surface area contributed by atoms with Gasteiger partial charge in [-0.15, -0.1) is 0 Å². The number of ether oxygens (including phenoxy) is 1. The lowest BCUT2D eigenvalue weighted by Gasteiger charge is -2.22. The molecule has 1 aliphatic heterocycles. The van der Waals surface area contributed by atoms with E-state index < -0.39 is 24.1 Å². The zero-order valence-electron chi connectivity index (χ0n) is 9.41. The summed E-state index contributed by atoms with van der Waals surface area (Å²) in [5.41, 5.74) is 0.743. The number of rotatable bonds is 3. The van der Waals surface area contributed by atoms with Crippen molar-refractivity contribution >= 4 is 18.0 Å². The molecule has 1 heterocycles. The molecule has 1 N–H and O–H groups in total. The molecule has 0 radical (unpaired) electrons. The molecule has 94 valence electrons. The highest BCUT2D eigenvalue weighted by Crippen LogP contribution is 2.18. The largest absolute Gasteiger partial charge is 0.465 e. The lowest BCUT2D eigenvalue weighted by atomic mass is 10.1. The second-order valence-electron chi connectivity index (χ2n) is 3.91. The highest BCUT2D eigenvalue weighted by Gasteiger charge is 2.40. The van der Waals surface area contributed by atoms with Gasteiger partial charge < -0.3 is 9.84 Å². The van der Waals surface area contributed by atoms with E-state index in [1.54, 1.807) is 24.3 Å². The van der Waals surface area contributed by atoms with E-state index >= 15 is 0 Å². The van der Waals surface area contributed by atoms with Gasteiger partial charge in [0.15, 0.2) is 0 Å². The Morgan fingerprint density at radius 1 is 1.33 bits per heavy atom. The lowest BCUT2D eigenvalue weighted by molar-refractivity contribution is -0.153. The number of hydrogen-bond donors (Lipinski definition) is 1. The van der Waals surface area contributed by atoms with E-state index in [0.717, 1.165) is 10.5 Å². The maximum atomic E-state index is 11.4. The van der Waals surface area contributed by atoms with Gasteiger partial charge in [0.2, 0.25) is 0 Å². The van der Waals surface area contributed by atoms with Crippen LogP contribution in [-0.4, -0.2) is 34.1 Å². The number of nitrogens with zero attached hydrogens (tertiary/aromatic N) is 1. The van der Waals surface area contributed by atoms with Crippen LogP contribution in [0.4, 0.5) is 4.79 Å². The fraction of sp³-hybridized carbons (Fsp3) is 0.250. The van der Waals surface area contributed by atoms with Crippen LogP contribution in [0, 0.1) is 0 Å². The molecule has 0 spiro atoms. The maximum absolute atomic E-state index is 11.4. The fourth-order valence-corrected chi connectivity index (χ4v) is 1.79. The molecular formula is C12H11NO5. The van der Waals surface area contributed by atoms with Gasteiger partial charge in [-0.2, -0.15) is 0 Å². The topological polar surface area (TPSA) is 83.9 Å². The highest BCUT2D eigenvalue weighted by atomic mass is 16.6. The zero-order valence-corrected chi connectivity index (χ0v) is 9.41. The van der Waals surface area contributed by atoms with Gasteiger partial charge in [-0.05, 0) is 5.56 Å². The van der Waals surface area contributed by atoms with Crippen LogP contribution in [-0.2, 0) is 20.9 Å². The first kappa shape index (κ1) is 12.1. The molecule has 1 amide bonds. The van der Waals surface area contributed by atoms with Crippen LogP contribution < -0.4 is 0 Å². The summed E-state index contributed by atoms with van der Waals surface area (Å²) in [5.74, 6) is -1.50. The summed E-state index contributed by atoms with van der Waals surface area (Å²) in [4.78, 5) is 34.4. The van der Waals surface area contributed by atoms with Gasteiger partial charge in [0.1, 0.15) is 6.04 Å². The molecule has 0 aromatic heterocycles. The quantitative estimate of drug-likeness (QED) is 0.638. The predicted octanol–water partition coefficient (Wildman–Crippen LogP) is 1.01. The molecule has 6 heteroatoms. The third-order valence-corrected chi connectivity index (χ3v) is 2.66. The van der Waals surface area contributed by atoms with E-state index in [1.807, 2.05) is 6.07 Å². The molecule has 1 fully saturated rings. The molecule has 6 nitrogen and oxygen atoms in total. The van der Waals surface area contributed by atoms with Crippen molar-refractivity contribution in [3.05, 3.63) is 35.9 Å². The third kappa shape index (κ3) is 2.48. The second-order valence-corrected chi connectivity index (χ2v) is 3.91. The second kappa shape index (κ2) is 4.87. The molecule has 1 atom stereocenters. The summed E-state index contributed by atoms with van der Waals surface area (Å²) in [6.07, 6.45) is -1.48. The first-order valence-corrected chi connectivity index (χ1v) is 5.36. The van der Waals surface area contributed by atoms with Crippen LogP contribution in [0.2, 0.25) is 0 Å². The molecule has 1 aromatic rings. The fourth-order valence-electron chi connectivity index (χ4n) is 1.79. The Balaban J connectivity index is 2.17. The van der Waals surface area contributed by atoms with E-state index in [2.05, 4.69) is 4.74 Å². The summed E-state index contributed by atoms with van der Waals surface area (Å²) >= 11 is 0. The Labute approximate surface area is 103 Å². The molecule has 1 aromatic carbocycles. The van der Waals surface area contributed by atoms with Gasteiger partial charge in [-0.25, -0.2) is 9.59 Å². The van der Waals surface area contributed by atoms with Crippen LogP contribution in [0.25, 0.3) is 0 Å². The number of carboxylic acid groups (broad SMARTS) is 1. The van der Waals surface area contributed by atoms with Crippen molar-refractivity contribution < 1.29 is 24.2 Å². The molecule has 0 bridgehead atoms. The van der Waals surface area contributed by atoms with E-state index in [4.69, 9.17) is 5.11 Å². The van der Waals surface area contributed by atoms with Gasteiger partial charge in [-0.1, -0.05) is 30.3 Å². The molecule has 2 rings (SSSR count). The molecule has 0 saturated carbocycles. The van der Waals surface area contributed by atoms with Gasteiger partial charge >= 0.3 is 18.0 Å². The van der Waals surface area contributed by atoms with Crippen molar-refractivity contribution in [2.45, 2.75) is 19.0 Å². The van der Waals surface area contributed by atoms with Gasteiger partial charge in [0.25, 0.3) is 0 Å². The molecule has 1 aliphatic rings. The summed E-state index contributed by atoms with van der Waals surface area (Å²) in [6.45, 7) is 0.0449. The standard InChI is InChI=1S/C12H11NO5/c14-10-6-9(11(15)18-10)13(12(16)17)7-8-4-2-1-3-5-8/h1-5,9H,6-7H2,(H,16,17)/t9-/m0/s1. The Hall–Kier alpha value is -2.37. The van der Waals surface area contributed by atoms with Crippen molar-refractivity contribution in [2.75, 3.05) is 0 Å². The average Bonchev–Trinajstić information content (AvgIpc) is 2.66. The molecule has 0 unspecified atom stereocenters. The summed E-state index contributed by atoms with van der Waals surface area (Å²) in [5, 5.41) is 9.11. The Morgan fingerprint density at radius 3 is 2.50 bits per heavy atom. The van der Waals surface area contributed by atoms with Crippen molar-refractivity contribution in [3.8, 4) is 0 Å². The van der Waals surface area contributed by atoms with Crippen LogP contribution in [0.15, 0.2) is 30.3 Å². The maximum Gasteiger partial charge on any atom is 0.408 e. The number of amides is 1. The number of hydrogen-bond acceptors (Lipinski definition) is 4. The monoisotopic (exact) mass is 249 g/mol. The minimum absolute atomic E-state index is 0.0449. The third-order valence-electron chi connectivity index (χ3n) is 2.66. The summed E-state index contributed by atoms with van der Waals surface area (Å²) in [7, 11) is 0. The lowest BCUT2D eigenvalue weighted by Crippen LogP contribution is -2.41. The number of carbonyl (C=O) groups excluding carboxylic acids is 2. The number of benzene rings is 1. The van der Waals surface area contributed by atoms with E-state index in [9.17, 15) is 14.4 Å². The van der Waals surface area contributed by atoms with Gasteiger partial charge in [-0.3, -0.25) is 9.69 Å². The Morgan fingerprint density at radius 2 is 2.00 bits per heavy atom. The number of cyclic esters (lactones) is 2. The Bertz CT molecular complexity index is 485. The van der Waals surface area contributed by atoms with Crippen LogP contribution in [0.3, 0.4) is 0 Å².